The molecule has 0 saturated heterocycles. The van der Waals surface area contributed by atoms with Crippen molar-refractivity contribution in [3.05, 3.63) is 72.1 Å². The van der Waals surface area contributed by atoms with Gasteiger partial charge in [-0.15, -0.1) is 0 Å². The van der Waals surface area contributed by atoms with Crippen molar-refractivity contribution in [2.75, 3.05) is 7.11 Å². The summed E-state index contributed by atoms with van der Waals surface area (Å²) in [5, 5.41) is 0. The lowest BCUT2D eigenvalue weighted by Gasteiger charge is -2.09. The largest absolute Gasteiger partial charge is 0.481 e. The smallest absolute Gasteiger partial charge is 0.213 e. The Kier molecular flexibility index (Phi) is 3.50. The van der Waals surface area contributed by atoms with Gasteiger partial charge in [-0.25, -0.2) is 15.0 Å². The Morgan fingerprint density at radius 3 is 2.85 bits per heavy atom. The van der Waals surface area contributed by atoms with Crippen molar-refractivity contribution in [2.45, 2.75) is 6.42 Å². The number of imidazole rings is 1. The first kappa shape index (κ1) is 15.7. The number of ether oxygens (including phenoxy) is 1. The van der Waals surface area contributed by atoms with Gasteiger partial charge in [0.1, 0.15) is 0 Å². The Morgan fingerprint density at radius 2 is 1.96 bits per heavy atom. The van der Waals surface area contributed by atoms with Crippen LogP contribution >= 0.6 is 0 Å². The number of pyridine rings is 1. The zero-order valence-electron chi connectivity index (χ0n) is 15.0. The van der Waals surface area contributed by atoms with E-state index in [2.05, 4.69) is 39.2 Å². The second kappa shape index (κ2) is 6.02. The molecule has 0 amide bonds. The molecule has 5 rings (SSSR count). The van der Waals surface area contributed by atoms with Gasteiger partial charge in [-0.1, -0.05) is 12.1 Å². The van der Waals surface area contributed by atoms with Crippen LogP contribution in [0.3, 0.4) is 0 Å². The fraction of sp³-hybridized carbons (Fsp3) is 0.143. The molecule has 4 aromatic rings. The van der Waals surface area contributed by atoms with E-state index in [1.807, 2.05) is 36.3 Å². The standard InChI is InChI=1S/C21H17N5O/c1-26-12-24-16-5-3-13(9-19(16)26)15-4-6-17-21(15)25-18(11-23-17)14-7-8-22-20(10-14)27-2/h3-5,7-12H,6H2,1-2H3. The van der Waals surface area contributed by atoms with E-state index < -0.39 is 0 Å². The minimum absolute atomic E-state index is 0.562. The Hall–Kier alpha value is -3.54. The van der Waals surface area contributed by atoms with Gasteiger partial charge >= 0.3 is 0 Å². The Balaban J connectivity index is 1.59. The SMILES string of the molecule is COc1cc(-c2cnc3c(n2)C(c2ccc4ncn(C)c4c2)=CC3)ccn1. The van der Waals surface area contributed by atoms with E-state index >= 15 is 0 Å². The van der Waals surface area contributed by atoms with Crippen LogP contribution in [-0.2, 0) is 13.5 Å². The highest BCUT2D eigenvalue weighted by Crippen LogP contribution is 2.33. The van der Waals surface area contributed by atoms with Gasteiger partial charge in [0.15, 0.2) is 0 Å². The summed E-state index contributed by atoms with van der Waals surface area (Å²) in [4.78, 5) is 18.1. The van der Waals surface area contributed by atoms with E-state index in [0.29, 0.717) is 5.88 Å². The summed E-state index contributed by atoms with van der Waals surface area (Å²) in [6.07, 6.45) is 8.35. The zero-order valence-corrected chi connectivity index (χ0v) is 15.0. The van der Waals surface area contributed by atoms with Gasteiger partial charge in [0, 0.05) is 36.9 Å². The van der Waals surface area contributed by atoms with Crippen molar-refractivity contribution < 1.29 is 4.74 Å². The van der Waals surface area contributed by atoms with Crippen LogP contribution in [0.4, 0.5) is 0 Å². The number of fused-ring (bicyclic) bond motifs is 2. The van der Waals surface area contributed by atoms with Crippen molar-refractivity contribution in [3.8, 4) is 17.1 Å². The summed E-state index contributed by atoms with van der Waals surface area (Å²) < 4.78 is 7.25. The molecule has 0 saturated carbocycles. The van der Waals surface area contributed by atoms with Gasteiger partial charge in [-0.05, 0) is 23.8 Å². The summed E-state index contributed by atoms with van der Waals surface area (Å²) in [5.74, 6) is 0.562. The van der Waals surface area contributed by atoms with Crippen LogP contribution in [0.15, 0.2) is 55.1 Å². The normalized spacial score (nSPS) is 12.9. The molecule has 0 aliphatic heterocycles. The van der Waals surface area contributed by atoms with E-state index in [-0.39, 0.29) is 0 Å². The Morgan fingerprint density at radius 1 is 1.04 bits per heavy atom. The maximum atomic E-state index is 5.22. The lowest BCUT2D eigenvalue weighted by atomic mass is 10.0. The quantitative estimate of drug-likeness (QED) is 0.563. The molecule has 0 unspecified atom stereocenters. The number of methoxy groups -OCH3 is 1. The lowest BCUT2D eigenvalue weighted by molar-refractivity contribution is 0.398. The predicted octanol–water partition coefficient (Wildman–Crippen LogP) is 3.42. The molecule has 132 valence electrons. The maximum Gasteiger partial charge on any atom is 0.213 e. The molecule has 0 spiro atoms. The molecule has 0 radical (unpaired) electrons. The van der Waals surface area contributed by atoms with Gasteiger partial charge in [-0.3, -0.25) is 4.98 Å². The highest BCUT2D eigenvalue weighted by molar-refractivity contribution is 5.88. The summed E-state index contributed by atoms with van der Waals surface area (Å²) >= 11 is 0. The maximum absolute atomic E-state index is 5.22. The first-order valence-corrected chi connectivity index (χ1v) is 8.71. The summed E-state index contributed by atoms with van der Waals surface area (Å²) in [6, 6.07) is 10.1. The first-order valence-electron chi connectivity index (χ1n) is 8.71. The number of hydrogen-bond acceptors (Lipinski definition) is 5. The van der Waals surface area contributed by atoms with Crippen molar-refractivity contribution in [1.82, 2.24) is 24.5 Å². The molecule has 1 aliphatic rings. The second-order valence-electron chi connectivity index (χ2n) is 6.52. The molecular formula is C21H17N5O. The fourth-order valence-electron chi connectivity index (χ4n) is 3.44. The highest BCUT2D eigenvalue weighted by Gasteiger charge is 2.20. The molecule has 6 heteroatoms. The highest BCUT2D eigenvalue weighted by atomic mass is 16.5. The van der Waals surface area contributed by atoms with Crippen molar-refractivity contribution >= 4 is 16.6 Å². The number of benzene rings is 1. The van der Waals surface area contributed by atoms with E-state index in [9.17, 15) is 0 Å². The van der Waals surface area contributed by atoms with Crippen molar-refractivity contribution in [2.24, 2.45) is 7.05 Å². The van der Waals surface area contributed by atoms with Crippen LogP contribution in [0.5, 0.6) is 5.88 Å². The Labute approximate surface area is 156 Å². The predicted molar refractivity (Wildman–Crippen MR) is 103 cm³/mol. The van der Waals surface area contributed by atoms with Gasteiger partial charge in [0.05, 0.1) is 47.7 Å². The number of rotatable bonds is 3. The summed E-state index contributed by atoms with van der Waals surface area (Å²) in [6.45, 7) is 0. The summed E-state index contributed by atoms with van der Waals surface area (Å²) in [7, 11) is 3.61. The summed E-state index contributed by atoms with van der Waals surface area (Å²) in [5.41, 5.74) is 8.01. The molecule has 27 heavy (non-hydrogen) atoms. The van der Waals surface area contributed by atoms with Crippen LogP contribution in [0.2, 0.25) is 0 Å². The van der Waals surface area contributed by atoms with Gasteiger partial charge in [0.25, 0.3) is 0 Å². The second-order valence-corrected chi connectivity index (χ2v) is 6.52. The molecule has 0 bridgehead atoms. The molecular weight excluding hydrogens is 338 g/mol. The molecule has 0 fully saturated rings. The third kappa shape index (κ3) is 2.57. The van der Waals surface area contributed by atoms with Crippen LogP contribution in [-0.4, -0.2) is 31.6 Å². The van der Waals surface area contributed by atoms with E-state index in [4.69, 9.17) is 9.72 Å². The molecule has 1 aliphatic carbocycles. The molecule has 0 atom stereocenters. The number of allylic oxidation sites excluding steroid dienone is 1. The van der Waals surface area contributed by atoms with Crippen LogP contribution in [0, 0.1) is 0 Å². The molecule has 3 heterocycles. The number of hydrogen-bond donors (Lipinski definition) is 0. The van der Waals surface area contributed by atoms with E-state index in [0.717, 1.165) is 51.2 Å². The van der Waals surface area contributed by atoms with Crippen LogP contribution < -0.4 is 4.74 Å². The third-order valence-electron chi connectivity index (χ3n) is 4.88. The van der Waals surface area contributed by atoms with Crippen molar-refractivity contribution in [3.63, 3.8) is 0 Å². The number of aryl methyl sites for hydroxylation is 1. The van der Waals surface area contributed by atoms with Crippen LogP contribution in [0.1, 0.15) is 17.0 Å². The average molecular weight is 355 g/mol. The van der Waals surface area contributed by atoms with Gasteiger partial charge < -0.3 is 9.30 Å². The molecule has 3 aromatic heterocycles. The van der Waals surface area contributed by atoms with Crippen molar-refractivity contribution in [1.29, 1.82) is 0 Å². The monoisotopic (exact) mass is 355 g/mol. The lowest BCUT2D eigenvalue weighted by Crippen LogP contribution is -1.98. The van der Waals surface area contributed by atoms with Crippen LogP contribution in [0.25, 0.3) is 27.9 Å². The number of nitrogens with zero attached hydrogens (tertiary/aromatic N) is 5. The molecule has 1 aromatic carbocycles. The molecule has 6 nitrogen and oxygen atoms in total. The third-order valence-corrected chi connectivity index (χ3v) is 4.88. The minimum atomic E-state index is 0.562. The Bertz CT molecular complexity index is 1210. The van der Waals surface area contributed by atoms with Gasteiger partial charge in [0.2, 0.25) is 5.88 Å². The van der Waals surface area contributed by atoms with Gasteiger partial charge in [-0.2, -0.15) is 0 Å². The zero-order chi connectivity index (χ0) is 18.4. The first-order chi connectivity index (χ1) is 13.2. The molecule has 0 N–H and O–H groups in total. The van der Waals surface area contributed by atoms with E-state index in [1.54, 1.807) is 13.3 Å². The average Bonchev–Trinajstić information content (AvgIpc) is 3.31. The topological polar surface area (TPSA) is 65.7 Å². The fourth-order valence-corrected chi connectivity index (χ4v) is 3.44. The minimum Gasteiger partial charge on any atom is -0.481 e. The van der Waals surface area contributed by atoms with E-state index in [1.165, 1.54) is 0 Å². The number of aromatic nitrogens is 5.